The van der Waals surface area contributed by atoms with Crippen LogP contribution in [0.15, 0.2) is 30.3 Å². The van der Waals surface area contributed by atoms with Crippen molar-refractivity contribution in [2.24, 2.45) is 0 Å². The van der Waals surface area contributed by atoms with Gasteiger partial charge < -0.3 is 4.74 Å². The molecule has 1 aliphatic heterocycles. The summed E-state index contributed by atoms with van der Waals surface area (Å²) in [5.41, 5.74) is 0. The lowest BCUT2D eigenvalue weighted by Gasteiger charge is -1.89. The Labute approximate surface area is 82.3 Å². The second-order valence-electron chi connectivity index (χ2n) is 2.94. The predicted molar refractivity (Wildman–Crippen MR) is 60.4 cm³/mol. The van der Waals surface area contributed by atoms with Crippen LogP contribution >= 0.6 is 8.58 Å². The molecule has 13 heavy (non-hydrogen) atoms. The maximum atomic E-state index is 4.94. The summed E-state index contributed by atoms with van der Waals surface area (Å²) >= 11 is 0. The zero-order valence-corrected chi connectivity index (χ0v) is 9.12. The van der Waals surface area contributed by atoms with E-state index in [1.807, 2.05) is 6.07 Å². The molecule has 0 spiro atoms. The van der Waals surface area contributed by atoms with Crippen molar-refractivity contribution in [2.75, 3.05) is 19.9 Å². The van der Waals surface area contributed by atoms with Crippen LogP contribution in [0.3, 0.4) is 0 Å². The van der Waals surface area contributed by atoms with Crippen LogP contribution in [0.25, 0.3) is 0 Å². The fourth-order valence-electron chi connectivity index (χ4n) is 1.12. The van der Waals surface area contributed by atoms with Crippen molar-refractivity contribution in [3.05, 3.63) is 30.3 Å². The van der Waals surface area contributed by atoms with Crippen LogP contribution in [0.1, 0.15) is 12.8 Å². The Morgan fingerprint density at radius 1 is 1.08 bits per heavy atom. The van der Waals surface area contributed by atoms with E-state index in [0.717, 1.165) is 21.8 Å². The molecule has 2 heteroatoms. The van der Waals surface area contributed by atoms with Crippen LogP contribution < -0.4 is 5.30 Å². The van der Waals surface area contributed by atoms with Gasteiger partial charge in [-0.1, -0.05) is 38.9 Å². The standard InChI is InChI=1S/C7H9P.C4H8O/c1-8-7-5-3-2-4-6-7;1-2-4-5-3-1/h2-6,8H,1H3;1-4H2. The van der Waals surface area contributed by atoms with Gasteiger partial charge in [0.2, 0.25) is 0 Å². The number of benzene rings is 1. The molecule has 72 valence electrons. The van der Waals surface area contributed by atoms with E-state index < -0.39 is 0 Å². The fraction of sp³-hybridized carbons (Fsp3) is 0.455. The highest BCUT2D eigenvalue weighted by Crippen LogP contribution is 2.00. The summed E-state index contributed by atoms with van der Waals surface area (Å²) in [6.07, 6.45) is 2.56. The minimum atomic E-state index is 0.930. The second-order valence-corrected chi connectivity index (χ2v) is 4.01. The van der Waals surface area contributed by atoms with Gasteiger partial charge in [0.1, 0.15) is 0 Å². The normalized spacial score (nSPS) is 15.8. The molecule has 0 N–H and O–H groups in total. The smallest absolute Gasteiger partial charge is 0.0466 e. The first-order chi connectivity index (χ1) is 6.43. The molecule has 0 amide bonds. The Kier molecular flexibility index (Phi) is 5.80. The van der Waals surface area contributed by atoms with Gasteiger partial charge in [0.25, 0.3) is 0 Å². The third-order valence-electron chi connectivity index (χ3n) is 1.89. The van der Waals surface area contributed by atoms with Crippen molar-refractivity contribution in [1.82, 2.24) is 0 Å². The highest BCUT2D eigenvalue weighted by Gasteiger charge is 1.94. The van der Waals surface area contributed by atoms with Gasteiger partial charge in [-0.25, -0.2) is 0 Å². The summed E-state index contributed by atoms with van der Waals surface area (Å²) in [7, 11) is 0.930. The third-order valence-corrected chi connectivity index (χ3v) is 2.80. The second kappa shape index (κ2) is 7.06. The Morgan fingerprint density at radius 2 is 1.69 bits per heavy atom. The van der Waals surface area contributed by atoms with E-state index in [-0.39, 0.29) is 0 Å². The summed E-state index contributed by atoms with van der Waals surface area (Å²) in [5.74, 6) is 0. The zero-order valence-electron chi connectivity index (χ0n) is 8.12. The summed E-state index contributed by atoms with van der Waals surface area (Å²) < 4.78 is 4.94. The quantitative estimate of drug-likeness (QED) is 0.627. The Balaban J connectivity index is 0.000000145. The first-order valence-corrected chi connectivity index (χ1v) is 6.24. The first-order valence-electron chi connectivity index (χ1n) is 4.74. The highest BCUT2D eigenvalue weighted by atomic mass is 31.1. The summed E-state index contributed by atoms with van der Waals surface area (Å²) in [6.45, 7) is 4.19. The Bertz CT molecular complexity index is 199. The number of ether oxygens (including phenoxy) is 1. The van der Waals surface area contributed by atoms with Gasteiger partial charge >= 0.3 is 0 Å². The lowest BCUT2D eigenvalue weighted by molar-refractivity contribution is 0.198. The average Bonchev–Trinajstić information content (AvgIpc) is 2.77. The lowest BCUT2D eigenvalue weighted by atomic mass is 10.4. The third kappa shape index (κ3) is 5.02. The zero-order chi connectivity index (χ0) is 9.36. The van der Waals surface area contributed by atoms with Crippen molar-refractivity contribution < 1.29 is 4.74 Å². The van der Waals surface area contributed by atoms with E-state index >= 15 is 0 Å². The summed E-state index contributed by atoms with van der Waals surface area (Å²) in [6, 6.07) is 10.5. The van der Waals surface area contributed by atoms with Gasteiger partial charge in [0.15, 0.2) is 0 Å². The predicted octanol–water partition coefficient (Wildman–Crippen LogP) is 2.42. The largest absolute Gasteiger partial charge is 0.381 e. The molecule has 1 aromatic rings. The average molecular weight is 196 g/mol. The van der Waals surface area contributed by atoms with Gasteiger partial charge in [-0.15, -0.1) is 0 Å². The number of hydrogen-bond donors (Lipinski definition) is 0. The van der Waals surface area contributed by atoms with Crippen LogP contribution in [0, 0.1) is 0 Å². The van der Waals surface area contributed by atoms with E-state index in [1.54, 1.807) is 0 Å². The molecule has 1 aliphatic rings. The molecule has 1 aromatic carbocycles. The van der Waals surface area contributed by atoms with Gasteiger partial charge in [-0.3, -0.25) is 0 Å². The van der Waals surface area contributed by atoms with Gasteiger partial charge in [0, 0.05) is 13.2 Å². The Hall–Kier alpha value is -0.390. The molecule has 0 radical (unpaired) electrons. The van der Waals surface area contributed by atoms with Crippen molar-refractivity contribution >= 4 is 13.9 Å². The topological polar surface area (TPSA) is 9.23 Å². The molecular formula is C11H17OP. The monoisotopic (exact) mass is 196 g/mol. The van der Waals surface area contributed by atoms with Gasteiger partial charge in [0.05, 0.1) is 0 Å². The number of rotatable bonds is 1. The molecule has 0 bridgehead atoms. The lowest BCUT2D eigenvalue weighted by Crippen LogP contribution is -1.87. The molecule has 2 rings (SSSR count). The molecule has 1 saturated heterocycles. The first kappa shape index (κ1) is 10.7. The van der Waals surface area contributed by atoms with E-state index in [1.165, 1.54) is 18.1 Å². The van der Waals surface area contributed by atoms with E-state index in [2.05, 4.69) is 30.9 Å². The molecular weight excluding hydrogens is 179 g/mol. The molecule has 1 unspecified atom stereocenters. The SMILES string of the molecule is C1CCOC1.CPc1ccccc1. The van der Waals surface area contributed by atoms with Crippen molar-refractivity contribution in [2.45, 2.75) is 12.8 Å². The maximum Gasteiger partial charge on any atom is 0.0466 e. The van der Waals surface area contributed by atoms with Gasteiger partial charge in [-0.2, -0.15) is 0 Å². The molecule has 1 fully saturated rings. The molecule has 1 nitrogen and oxygen atoms in total. The number of hydrogen-bond acceptors (Lipinski definition) is 1. The minimum Gasteiger partial charge on any atom is -0.381 e. The fourth-order valence-corrected chi connectivity index (χ4v) is 1.64. The van der Waals surface area contributed by atoms with Crippen molar-refractivity contribution in [3.8, 4) is 0 Å². The van der Waals surface area contributed by atoms with Gasteiger partial charge in [-0.05, 0) is 24.8 Å². The molecule has 1 heterocycles. The Morgan fingerprint density at radius 3 is 2.00 bits per heavy atom. The van der Waals surface area contributed by atoms with Crippen LogP contribution in [-0.2, 0) is 4.74 Å². The summed E-state index contributed by atoms with van der Waals surface area (Å²) in [5, 5.41) is 1.44. The van der Waals surface area contributed by atoms with Crippen LogP contribution in [0.5, 0.6) is 0 Å². The molecule has 1 atom stereocenters. The van der Waals surface area contributed by atoms with Crippen LogP contribution in [0.2, 0.25) is 0 Å². The van der Waals surface area contributed by atoms with Crippen LogP contribution in [-0.4, -0.2) is 19.9 Å². The highest BCUT2D eigenvalue weighted by molar-refractivity contribution is 7.46. The van der Waals surface area contributed by atoms with E-state index in [4.69, 9.17) is 4.74 Å². The molecule has 0 aromatic heterocycles. The van der Waals surface area contributed by atoms with Crippen LogP contribution in [0.4, 0.5) is 0 Å². The van der Waals surface area contributed by atoms with Crippen molar-refractivity contribution in [3.63, 3.8) is 0 Å². The van der Waals surface area contributed by atoms with E-state index in [9.17, 15) is 0 Å². The molecule has 0 aliphatic carbocycles. The van der Waals surface area contributed by atoms with Crippen molar-refractivity contribution in [1.29, 1.82) is 0 Å². The van der Waals surface area contributed by atoms with E-state index in [0.29, 0.717) is 0 Å². The summed E-state index contributed by atoms with van der Waals surface area (Å²) in [4.78, 5) is 0. The minimum absolute atomic E-state index is 0.930. The maximum absolute atomic E-state index is 4.94. The molecule has 0 saturated carbocycles.